The molecule has 1 nitrogen and oxygen atoms in total. The molecule has 50 valence electrons. The number of pyridine rings is 1. The SMILES string of the molecule is c1c2c(nc3c1CC3)CC2. The van der Waals surface area contributed by atoms with E-state index in [0.29, 0.717) is 0 Å². The molecule has 0 saturated heterocycles. The van der Waals surface area contributed by atoms with Gasteiger partial charge in [0, 0.05) is 11.4 Å². The first kappa shape index (κ1) is 4.89. The summed E-state index contributed by atoms with van der Waals surface area (Å²) in [7, 11) is 0. The monoisotopic (exact) mass is 131 g/mol. The van der Waals surface area contributed by atoms with E-state index < -0.39 is 0 Å². The Kier molecular flexibility index (Phi) is 0.693. The fraction of sp³-hybridized carbons (Fsp3) is 0.444. The van der Waals surface area contributed by atoms with Gasteiger partial charge in [-0.25, -0.2) is 0 Å². The third-order valence-electron chi connectivity index (χ3n) is 2.62. The summed E-state index contributed by atoms with van der Waals surface area (Å²) in [4.78, 5) is 4.55. The normalized spacial score (nSPS) is 18.4. The van der Waals surface area contributed by atoms with Gasteiger partial charge in [-0.2, -0.15) is 0 Å². The van der Waals surface area contributed by atoms with E-state index in [-0.39, 0.29) is 0 Å². The molecule has 2 aliphatic rings. The van der Waals surface area contributed by atoms with Crippen LogP contribution in [0, 0.1) is 0 Å². The van der Waals surface area contributed by atoms with Gasteiger partial charge in [0.1, 0.15) is 0 Å². The number of nitrogens with zero attached hydrogens (tertiary/aromatic N) is 1. The lowest BCUT2D eigenvalue weighted by Gasteiger charge is -2.25. The molecule has 3 rings (SSSR count). The van der Waals surface area contributed by atoms with Crippen LogP contribution in [0.2, 0.25) is 0 Å². The topological polar surface area (TPSA) is 12.9 Å². The molecule has 2 aliphatic carbocycles. The van der Waals surface area contributed by atoms with E-state index in [2.05, 4.69) is 11.1 Å². The molecule has 1 aromatic rings. The molecular weight excluding hydrogens is 122 g/mol. The number of aromatic nitrogens is 1. The van der Waals surface area contributed by atoms with Gasteiger partial charge in [0.05, 0.1) is 0 Å². The van der Waals surface area contributed by atoms with E-state index in [1.807, 2.05) is 0 Å². The molecule has 0 radical (unpaired) electrons. The average Bonchev–Trinajstić information content (AvgIpc) is 1.82. The minimum absolute atomic E-state index is 1.22. The standard InChI is InChI=1S/C9H9N/c1-3-8-6(1)5-7-2-4-9(7)10-8/h5H,1-4H2. The van der Waals surface area contributed by atoms with Crippen molar-refractivity contribution in [2.45, 2.75) is 25.7 Å². The Morgan fingerprint density at radius 3 is 1.80 bits per heavy atom. The lowest BCUT2D eigenvalue weighted by molar-refractivity contribution is 0.706. The molecule has 0 fully saturated rings. The van der Waals surface area contributed by atoms with Gasteiger partial charge >= 0.3 is 0 Å². The molecule has 0 aromatic carbocycles. The molecule has 0 atom stereocenters. The van der Waals surface area contributed by atoms with Crippen molar-refractivity contribution in [3.63, 3.8) is 0 Å². The minimum Gasteiger partial charge on any atom is -0.257 e. The van der Waals surface area contributed by atoms with E-state index in [4.69, 9.17) is 0 Å². The quantitative estimate of drug-likeness (QED) is 0.517. The van der Waals surface area contributed by atoms with Crippen LogP contribution in [0.15, 0.2) is 6.07 Å². The zero-order valence-corrected chi connectivity index (χ0v) is 5.85. The Balaban J connectivity index is 2.29. The number of hydrogen-bond acceptors (Lipinski definition) is 1. The fourth-order valence-electron chi connectivity index (χ4n) is 1.70. The number of aryl methyl sites for hydroxylation is 4. The summed E-state index contributed by atoms with van der Waals surface area (Å²) in [5.74, 6) is 0. The first-order chi connectivity index (χ1) is 4.93. The van der Waals surface area contributed by atoms with Crippen LogP contribution < -0.4 is 0 Å². The summed E-state index contributed by atoms with van der Waals surface area (Å²) in [5, 5.41) is 0. The third-order valence-corrected chi connectivity index (χ3v) is 2.62. The Morgan fingerprint density at radius 1 is 0.900 bits per heavy atom. The maximum absolute atomic E-state index is 4.55. The van der Waals surface area contributed by atoms with E-state index in [1.165, 1.54) is 48.2 Å². The molecule has 0 amide bonds. The molecule has 10 heavy (non-hydrogen) atoms. The van der Waals surface area contributed by atoms with Crippen LogP contribution >= 0.6 is 0 Å². The largest absolute Gasteiger partial charge is 0.257 e. The van der Waals surface area contributed by atoms with E-state index >= 15 is 0 Å². The van der Waals surface area contributed by atoms with Gasteiger partial charge in [-0.3, -0.25) is 4.98 Å². The summed E-state index contributed by atoms with van der Waals surface area (Å²) in [5.41, 5.74) is 5.77. The molecule has 1 aromatic heterocycles. The van der Waals surface area contributed by atoms with Gasteiger partial charge in [-0.05, 0) is 36.8 Å². The molecule has 0 spiro atoms. The Bertz CT molecular complexity index is 244. The molecule has 1 heteroatoms. The first-order valence-electron chi connectivity index (χ1n) is 3.94. The van der Waals surface area contributed by atoms with Crippen molar-refractivity contribution in [1.82, 2.24) is 4.98 Å². The van der Waals surface area contributed by atoms with E-state index in [9.17, 15) is 0 Å². The molecule has 0 N–H and O–H groups in total. The Labute approximate surface area is 60.1 Å². The van der Waals surface area contributed by atoms with Crippen molar-refractivity contribution >= 4 is 0 Å². The summed E-state index contributed by atoms with van der Waals surface area (Å²) in [6.45, 7) is 0. The zero-order valence-electron chi connectivity index (χ0n) is 5.85. The van der Waals surface area contributed by atoms with Gasteiger partial charge in [0.25, 0.3) is 0 Å². The van der Waals surface area contributed by atoms with Crippen molar-refractivity contribution < 1.29 is 0 Å². The van der Waals surface area contributed by atoms with Gasteiger partial charge in [0.15, 0.2) is 0 Å². The van der Waals surface area contributed by atoms with Crippen LogP contribution in [0.4, 0.5) is 0 Å². The van der Waals surface area contributed by atoms with Crippen molar-refractivity contribution in [3.8, 4) is 0 Å². The predicted octanol–water partition coefficient (Wildman–Crippen LogP) is 1.28. The molecule has 0 bridgehead atoms. The molecule has 0 unspecified atom stereocenters. The van der Waals surface area contributed by atoms with Crippen LogP contribution in [0.25, 0.3) is 0 Å². The number of fused-ring (bicyclic) bond motifs is 2. The molecule has 0 saturated carbocycles. The average molecular weight is 131 g/mol. The van der Waals surface area contributed by atoms with Gasteiger partial charge < -0.3 is 0 Å². The van der Waals surface area contributed by atoms with Crippen molar-refractivity contribution in [2.24, 2.45) is 0 Å². The Hall–Kier alpha value is -0.850. The molecule has 1 heterocycles. The maximum Gasteiger partial charge on any atom is 0.0442 e. The van der Waals surface area contributed by atoms with Crippen molar-refractivity contribution in [2.75, 3.05) is 0 Å². The zero-order chi connectivity index (χ0) is 6.55. The van der Waals surface area contributed by atoms with Gasteiger partial charge in [-0.15, -0.1) is 0 Å². The highest BCUT2D eigenvalue weighted by molar-refractivity contribution is 5.40. The highest BCUT2D eigenvalue weighted by Gasteiger charge is 2.22. The predicted molar refractivity (Wildman–Crippen MR) is 39.1 cm³/mol. The summed E-state index contributed by atoms with van der Waals surface area (Å²) >= 11 is 0. The highest BCUT2D eigenvalue weighted by atomic mass is 14.8. The van der Waals surface area contributed by atoms with Crippen LogP contribution in [0.5, 0.6) is 0 Å². The van der Waals surface area contributed by atoms with E-state index in [1.54, 1.807) is 0 Å². The second-order valence-electron chi connectivity index (χ2n) is 3.20. The fourth-order valence-corrected chi connectivity index (χ4v) is 1.70. The molecule has 0 aliphatic heterocycles. The minimum atomic E-state index is 1.22. The van der Waals surface area contributed by atoms with Gasteiger partial charge in [-0.1, -0.05) is 6.07 Å². The third kappa shape index (κ3) is 0.428. The molecular formula is C9H9N. The second kappa shape index (κ2) is 1.42. The highest BCUT2D eigenvalue weighted by Crippen LogP contribution is 2.28. The Morgan fingerprint density at radius 2 is 1.50 bits per heavy atom. The van der Waals surface area contributed by atoms with Crippen molar-refractivity contribution in [3.05, 3.63) is 28.6 Å². The van der Waals surface area contributed by atoms with Crippen LogP contribution in [-0.4, -0.2) is 4.98 Å². The second-order valence-corrected chi connectivity index (χ2v) is 3.20. The first-order valence-corrected chi connectivity index (χ1v) is 3.94. The van der Waals surface area contributed by atoms with Crippen LogP contribution in [-0.2, 0) is 25.7 Å². The summed E-state index contributed by atoms with van der Waals surface area (Å²) in [6, 6.07) is 2.35. The van der Waals surface area contributed by atoms with E-state index in [0.717, 1.165) is 0 Å². The van der Waals surface area contributed by atoms with Gasteiger partial charge in [0.2, 0.25) is 0 Å². The summed E-state index contributed by atoms with van der Waals surface area (Å²) < 4.78 is 0. The lowest BCUT2D eigenvalue weighted by atomic mass is 9.85. The number of rotatable bonds is 0. The lowest BCUT2D eigenvalue weighted by Crippen LogP contribution is -2.19. The van der Waals surface area contributed by atoms with Crippen LogP contribution in [0.1, 0.15) is 22.5 Å². The summed E-state index contributed by atoms with van der Waals surface area (Å²) in [6.07, 6.45) is 5.00. The smallest absolute Gasteiger partial charge is 0.0442 e. The number of hydrogen-bond donors (Lipinski definition) is 0. The van der Waals surface area contributed by atoms with Crippen LogP contribution in [0.3, 0.4) is 0 Å². The maximum atomic E-state index is 4.55. The van der Waals surface area contributed by atoms with Crippen molar-refractivity contribution in [1.29, 1.82) is 0 Å².